The van der Waals surface area contributed by atoms with Crippen molar-refractivity contribution in [1.82, 2.24) is 0 Å². The standard InChI is InChI=1S/C21H21NO5/c1-12-4-6-17(19(24)10-12)21(26)27-13(2)20(25)16-5-7-18-15(11-16)8-9-22(18)14(3)23/h4-7,10-11,13,24H,8-9H2,1-3H3. The lowest BCUT2D eigenvalue weighted by Gasteiger charge is -2.16. The molecule has 0 aliphatic carbocycles. The zero-order chi connectivity index (χ0) is 19.7. The van der Waals surface area contributed by atoms with E-state index in [0.29, 0.717) is 18.5 Å². The van der Waals surface area contributed by atoms with Crippen molar-refractivity contribution < 1.29 is 24.2 Å². The zero-order valence-electron chi connectivity index (χ0n) is 15.5. The molecule has 6 heteroatoms. The second-order valence-corrected chi connectivity index (χ2v) is 6.70. The minimum atomic E-state index is -0.999. The van der Waals surface area contributed by atoms with Crippen molar-refractivity contribution in [3.05, 3.63) is 58.7 Å². The van der Waals surface area contributed by atoms with Crippen molar-refractivity contribution in [2.45, 2.75) is 33.3 Å². The number of amides is 1. The van der Waals surface area contributed by atoms with Crippen LogP contribution in [-0.4, -0.2) is 35.4 Å². The molecule has 1 heterocycles. The van der Waals surface area contributed by atoms with Crippen LogP contribution in [0, 0.1) is 6.92 Å². The third-order valence-corrected chi connectivity index (χ3v) is 4.67. The number of hydrogen-bond acceptors (Lipinski definition) is 5. The van der Waals surface area contributed by atoms with Gasteiger partial charge in [-0.25, -0.2) is 4.79 Å². The zero-order valence-corrected chi connectivity index (χ0v) is 15.5. The number of ether oxygens (including phenoxy) is 1. The Morgan fingerprint density at radius 1 is 1.15 bits per heavy atom. The molecule has 1 amide bonds. The fourth-order valence-corrected chi connectivity index (χ4v) is 3.21. The highest BCUT2D eigenvalue weighted by atomic mass is 16.5. The smallest absolute Gasteiger partial charge is 0.342 e. The topological polar surface area (TPSA) is 83.9 Å². The number of fused-ring (bicyclic) bond motifs is 1. The number of aryl methyl sites for hydroxylation is 1. The van der Waals surface area contributed by atoms with E-state index in [9.17, 15) is 19.5 Å². The number of phenols is 1. The number of ketones is 1. The van der Waals surface area contributed by atoms with Gasteiger partial charge in [-0.2, -0.15) is 0 Å². The van der Waals surface area contributed by atoms with E-state index in [-0.39, 0.29) is 23.0 Å². The van der Waals surface area contributed by atoms with Gasteiger partial charge in [-0.3, -0.25) is 9.59 Å². The number of Topliss-reactive ketones (excluding diaryl/α,β-unsaturated/α-hetero) is 1. The van der Waals surface area contributed by atoms with Crippen molar-refractivity contribution in [1.29, 1.82) is 0 Å². The Balaban J connectivity index is 1.74. The van der Waals surface area contributed by atoms with Gasteiger partial charge in [0.1, 0.15) is 11.3 Å². The first-order chi connectivity index (χ1) is 12.8. The van der Waals surface area contributed by atoms with Crippen LogP contribution in [-0.2, 0) is 16.0 Å². The van der Waals surface area contributed by atoms with Crippen molar-refractivity contribution >= 4 is 23.3 Å². The Bertz CT molecular complexity index is 934. The van der Waals surface area contributed by atoms with Crippen LogP contribution in [0.4, 0.5) is 5.69 Å². The van der Waals surface area contributed by atoms with Crippen LogP contribution in [0.1, 0.15) is 45.7 Å². The van der Waals surface area contributed by atoms with Crippen LogP contribution >= 0.6 is 0 Å². The second-order valence-electron chi connectivity index (χ2n) is 6.70. The maximum absolute atomic E-state index is 12.6. The summed E-state index contributed by atoms with van der Waals surface area (Å²) in [4.78, 5) is 38.2. The molecule has 6 nitrogen and oxygen atoms in total. The number of carbonyl (C=O) groups is 3. The van der Waals surface area contributed by atoms with Gasteiger partial charge in [-0.05, 0) is 61.7 Å². The maximum Gasteiger partial charge on any atom is 0.342 e. The summed E-state index contributed by atoms with van der Waals surface area (Å²) in [5.41, 5.74) is 2.99. The summed E-state index contributed by atoms with van der Waals surface area (Å²) in [6.07, 6.45) is -0.317. The Kier molecular flexibility index (Phi) is 4.99. The molecule has 1 atom stereocenters. The Morgan fingerprint density at radius 2 is 1.89 bits per heavy atom. The van der Waals surface area contributed by atoms with Gasteiger partial charge in [-0.15, -0.1) is 0 Å². The van der Waals surface area contributed by atoms with E-state index in [0.717, 1.165) is 16.8 Å². The van der Waals surface area contributed by atoms with Crippen LogP contribution in [0.3, 0.4) is 0 Å². The average molecular weight is 367 g/mol. The summed E-state index contributed by atoms with van der Waals surface area (Å²) in [6.45, 7) is 5.40. The molecule has 0 saturated heterocycles. The Labute approximate surface area is 157 Å². The number of rotatable bonds is 4. The number of nitrogens with zero attached hydrogens (tertiary/aromatic N) is 1. The first kappa shape index (κ1) is 18.6. The largest absolute Gasteiger partial charge is 0.507 e. The van der Waals surface area contributed by atoms with E-state index in [1.807, 2.05) is 0 Å². The summed E-state index contributed by atoms with van der Waals surface area (Å²) >= 11 is 0. The van der Waals surface area contributed by atoms with Crippen LogP contribution in [0.25, 0.3) is 0 Å². The third kappa shape index (κ3) is 3.69. The van der Waals surface area contributed by atoms with Gasteiger partial charge in [0.25, 0.3) is 0 Å². The Hall–Kier alpha value is -3.15. The van der Waals surface area contributed by atoms with E-state index < -0.39 is 12.1 Å². The van der Waals surface area contributed by atoms with Crippen molar-refractivity contribution in [2.24, 2.45) is 0 Å². The minimum Gasteiger partial charge on any atom is -0.507 e. The average Bonchev–Trinajstić information content (AvgIpc) is 3.04. The molecule has 3 rings (SSSR count). The summed E-state index contributed by atoms with van der Waals surface area (Å²) in [6, 6.07) is 9.74. The molecule has 0 fully saturated rings. The molecular weight excluding hydrogens is 346 g/mol. The number of aromatic hydroxyl groups is 1. The van der Waals surface area contributed by atoms with Gasteiger partial charge in [-0.1, -0.05) is 6.07 Å². The van der Waals surface area contributed by atoms with Gasteiger partial charge in [0.2, 0.25) is 11.7 Å². The van der Waals surface area contributed by atoms with Gasteiger partial charge < -0.3 is 14.7 Å². The van der Waals surface area contributed by atoms with Gasteiger partial charge in [0, 0.05) is 24.7 Å². The van der Waals surface area contributed by atoms with E-state index in [1.165, 1.54) is 26.0 Å². The molecule has 0 bridgehead atoms. The van der Waals surface area contributed by atoms with Crippen LogP contribution < -0.4 is 4.90 Å². The van der Waals surface area contributed by atoms with Crippen LogP contribution in [0.2, 0.25) is 0 Å². The van der Waals surface area contributed by atoms with Gasteiger partial charge >= 0.3 is 5.97 Å². The predicted molar refractivity (Wildman–Crippen MR) is 100 cm³/mol. The number of esters is 1. The molecule has 1 aliphatic rings. The lowest BCUT2D eigenvalue weighted by Crippen LogP contribution is -2.26. The molecule has 2 aromatic carbocycles. The first-order valence-corrected chi connectivity index (χ1v) is 8.73. The van der Waals surface area contributed by atoms with Crippen molar-refractivity contribution in [3.63, 3.8) is 0 Å². The third-order valence-electron chi connectivity index (χ3n) is 4.67. The number of phenolic OH excluding ortho intramolecular Hbond substituents is 1. The minimum absolute atomic E-state index is 0.0197. The summed E-state index contributed by atoms with van der Waals surface area (Å²) in [5, 5.41) is 9.89. The fraction of sp³-hybridized carbons (Fsp3) is 0.286. The van der Waals surface area contributed by atoms with Gasteiger partial charge in [0.05, 0.1) is 0 Å². The molecule has 27 heavy (non-hydrogen) atoms. The molecule has 0 spiro atoms. The molecule has 0 radical (unpaired) electrons. The van der Waals surface area contributed by atoms with E-state index in [4.69, 9.17) is 4.74 Å². The maximum atomic E-state index is 12.6. The molecule has 1 aliphatic heterocycles. The molecule has 2 aromatic rings. The van der Waals surface area contributed by atoms with Crippen LogP contribution in [0.15, 0.2) is 36.4 Å². The predicted octanol–water partition coefficient (Wildman–Crippen LogP) is 3.04. The van der Waals surface area contributed by atoms with E-state index in [2.05, 4.69) is 0 Å². The van der Waals surface area contributed by atoms with Crippen molar-refractivity contribution in [3.8, 4) is 5.75 Å². The molecular formula is C21H21NO5. The van der Waals surface area contributed by atoms with Crippen LogP contribution in [0.5, 0.6) is 5.75 Å². The fourth-order valence-electron chi connectivity index (χ4n) is 3.21. The molecule has 140 valence electrons. The highest BCUT2D eigenvalue weighted by molar-refractivity contribution is 6.03. The summed E-state index contributed by atoms with van der Waals surface area (Å²) in [7, 11) is 0. The molecule has 0 aromatic heterocycles. The van der Waals surface area contributed by atoms with Crippen molar-refractivity contribution in [2.75, 3.05) is 11.4 Å². The second kappa shape index (κ2) is 7.23. The van der Waals surface area contributed by atoms with E-state index in [1.54, 1.807) is 36.1 Å². The number of hydrogen-bond donors (Lipinski definition) is 1. The summed E-state index contributed by atoms with van der Waals surface area (Å²) < 4.78 is 5.24. The number of benzene rings is 2. The van der Waals surface area contributed by atoms with E-state index >= 15 is 0 Å². The Morgan fingerprint density at radius 3 is 2.56 bits per heavy atom. The normalized spacial score (nSPS) is 13.8. The molecule has 1 unspecified atom stereocenters. The highest BCUT2D eigenvalue weighted by Gasteiger charge is 2.26. The molecule has 1 N–H and O–H groups in total. The quantitative estimate of drug-likeness (QED) is 0.663. The SMILES string of the molecule is CC(=O)N1CCc2cc(C(=O)C(C)OC(=O)c3ccc(C)cc3O)ccc21. The number of anilines is 1. The first-order valence-electron chi connectivity index (χ1n) is 8.73. The lowest BCUT2D eigenvalue weighted by atomic mass is 10.0. The highest BCUT2D eigenvalue weighted by Crippen LogP contribution is 2.29. The molecule has 0 saturated carbocycles. The summed E-state index contributed by atoms with van der Waals surface area (Å²) in [5.74, 6) is -1.30. The monoisotopic (exact) mass is 367 g/mol. The number of carbonyl (C=O) groups excluding carboxylic acids is 3. The lowest BCUT2D eigenvalue weighted by molar-refractivity contribution is -0.116. The van der Waals surface area contributed by atoms with Gasteiger partial charge in [0.15, 0.2) is 6.10 Å².